The molecule has 0 spiro atoms. The fourth-order valence-corrected chi connectivity index (χ4v) is 2.74. The maximum Gasteiger partial charge on any atom is 0.328 e. The van der Waals surface area contributed by atoms with Gasteiger partial charge in [0.05, 0.1) is 18.3 Å². The van der Waals surface area contributed by atoms with Crippen LogP contribution in [-0.4, -0.2) is 68.8 Å². The van der Waals surface area contributed by atoms with Crippen LogP contribution in [0.4, 0.5) is 0 Å². The van der Waals surface area contributed by atoms with Gasteiger partial charge in [-0.25, -0.2) is 4.79 Å². The Hall–Kier alpha value is -2.43. The molecule has 2 heterocycles. The third-order valence-electron chi connectivity index (χ3n) is 4.10. The molecular weight excluding hydrogens is 348 g/mol. The van der Waals surface area contributed by atoms with Gasteiger partial charge in [-0.05, 0) is 24.3 Å². The number of ether oxygens (including phenoxy) is 2. The molecule has 9 nitrogen and oxygen atoms in total. The lowest BCUT2D eigenvalue weighted by Crippen LogP contribution is -2.60. The summed E-state index contributed by atoms with van der Waals surface area (Å²) in [4.78, 5) is 10.8. The van der Waals surface area contributed by atoms with Gasteiger partial charge < -0.3 is 39.4 Å². The van der Waals surface area contributed by atoms with Crippen molar-refractivity contribution in [2.24, 2.45) is 0 Å². The minimum atomic E-state index is -1.59. The second-order valence-electron chi connectivity index (χ2n) is 5.80. The molecular formula is C17H18O9. The molecule has 1 aliphatic rings. The second kappa shape index (κ2) is 7.44. The largest absolute Gasteiger partial charge is 0.478 e. The van der Waals surface area contributed by atoms with Crippen molar-refractivity contribution in [3.63, 3.8) is 0 Å². The molecule has 26 heavy (non-hydrogen) atoms. The Balaban J connectivity index is 1.97. The van der Waals surface area contributed by atoms with Crippen molar-refractivity contribution < 1.29 is 44.2 Å². The fraction of sp³-hybridized carbons (Fsp3) is 0.353. The van der Waals surface area contributed by atoms with Crippen molar-refractivity contribution in [2.75, 3.05) is 6.61 Å². The van der Waals surface area contributed by atoms with Crippen LogP contribution in [-0.2, 0) is 9.53 Å². The smallest absolute Gasteiger partial charge is 0.328 e. The molecule has 1 aromatic heterocycles. The Kier molecular flexibility index (Phi) is 5.25. The van der Waals surface area contributed by atoms with Crippen LogP contribution < -0.4 is 4.74 Å². The van der Waals surface area contributed by atoms with Crippen molar-refractivity contribution >= 4 is 23.0 Å². The van der Waals surface area contributed by atoms with E-state index in [1.54, 1.807) is 18.2 Å². The van der Waals surface area contributed by atoms with Crippen molar-refractivity contribution in [2.45, 2.75) is 30.7 Å². The highest BCUT2D eigenvalue weighted by Crippen LogP contribution is 2.34. The van der Waals surface area contributed by atoms with Gasteiger partial charge >= 0.3 is 5.97 Å². The first-order valence-electron chi connectivity index (χ1n) is 7.80. The van der Waals surface area contributed by atoms with Crippen LogP contribution in [0.25, 0.3) is 17.0 Å². The molecule has 0 amide bonds. The zero-order valence-corrected chi connectivity index (χ0v) is 13.4. The van der Waals surface area contributed by atoms with Gasteiger partial charge in [0.15, 0.2) is 0 Å². The third-order valence-corrected chi connectivity index (χ3v) is 4.10. The molecule has 2 aromatic rings. The van der Waals surface area contributed by atoms with Crippen LogP contribution in [0.1, 0.15) is 5.56 Å². The number of furan rings is 1. The summed E-state index contributed by atoms with van der Waals surface area (Å²) < 4.78 is 16.3. The average Bonchev–Trinajstić information content (AvgIpc) is 3.10. The minimum absolute atomic E-state index is 0.165. The number of aliphatic hydroxyl groups is 4. The van der Waals surface area contributed by atoms with Gasteiger partial charge in [0.1, 0.15) is 35.7 Å². The highest BCUT2D eigenvalue weighted by atomic mass is 16.7. The molecule has 1 fully saturated rings. The van der Waals surface area contributed by atoms with Crippen molar-refractivity contribution in [3.8, 4) is 5.75 Å². The zero-order valence-electron chi connectivity index (χ0n) is 13.4. The number of hydrogen-bond donors (Lipinski definition) is 5. The van der Waals surface area contributed by atoms with Crippen LogP contribution in [0.3, 0.4) is 0 Å². The third kappa shape index (κ3) is 3.43. The molecule has 1 aromatic carbocycles. The first kappa shape index (κ1) is 18.4. The van der Waals surface area contributed by atoms with E-state index in [1.807, 2.05) is 0 Å². The molecule has 0 unspecified atom stereocenters. The van der Waals surface area contributed by atoms with Crippen LogP contribution >= 0.6 is 0 Å². The van der Waals surface area contributed by atoms with E-state index in [9.17, 15) is 25.2 Å². The van der Waals surface area contributed by atoms with Gasteiger partial charge in [0.25, 0.3) is 0 Å². The topological polar surface area (TPSA) is 150 Å². The molecule has 5 atom stereocenters. The van der Waals surface area contributed by atoms with Gasteiger partial charge in [-0.15, -0.1) is 0 Å². The summed E-state index contributed by atoms with van der Waals surface area (Å²) in [7, 11) is 0. The van der Waals surface area contributed by atoms with Crippen LogP contribution in [0, 0.1) is 0 Å². The molecule has 0 radical (unpaired) electrons. The van der Waals surface area contributed by atoms with Crippen LogP contribution in [0.5, 0.6) is 5.75 Å². The number of rotatable bonds is 5. The number of carbonyl (C=O) groups is 1. The van der Waals surface area contributed by atoms with Crippen molar-refractivity contribution in [1.29, 1.82) is 0 Å². The summed E-state index contributed by atoms with van der Waals surface area (Å²) in [6.07, 6.45) is -3.59. The molecule has 140 valence electrons. The molecule has 0 aliphatic carbocycles. The quantitative estimate of drug-likeness (QED) is 0.450. The zero-order chi connectivity index (χ0) is 18.8. The molecule has 3 rings (SSSR count). The molecule has 1 saturated heterocycles. The maximum absolute atomic E-state index is 10.8. The molecule has 0 bridgehead atoms. The monoisotopic (exact) mass is 366 g/mol. The molecule has 0 saturated carbocycles. The van der Waals surface area contributed by atoms with E-state index in [4.69, 9.17) is 19.0 Å². The van der Waals surface area contributed by atoms with E-state index in [1.165, 1.54) is 12.3 Å². The Bertz CT molecular complexity index is 810. The number of carboxylic acids is 1. The normalized spacial score (nSPS) is 29.3. The number of fused-ring (bicyclic) bond motifs is 1. The predicted molar refractivity (Wildman–Crippen MR) is 87.3 cm³/mol. The average molecular weight is 366 g/mol. The molecule has 5 N–H and O–H groups in total. The van der Waals surface area contributed by atoms with Crippen molar-refractivity contribution in [3.05, 3.63) is 36.1 Å². The van der Waals surface area contributed by atoms with E-state index in [0.717, 1.165) is 6.08 Å². The summed E-state index contributed by atoms with van der Waals surface area (Å²) in [5.74, 6) is -0.992. The van der Waals surface area contributed by atoms with Crippen LogP contribution in [0.15, 0.2) is 35.0 Å². The van der Waals surface area contributed by atoms with E-state index in [-0.39, 0.29) is 5.75 Å². The lowest BCUT2D eigenvalue weighted by atomic mass is 9.99. The van der Waals surface area contributed by atoms with E-state index in [0.29, 0.717) is 16.5 Å². The summed E-state index contributed by atoms with van der Waals surface area (Å²) in [5, 5.41) is 48.5. The van der Waals surface area contributed by atoms with E-state index >= 15 is 0 Å². The molecule has 9 heteroatoms. The Morgan fingerprint density at radius 3 is 2.62 bits per heavy atom. The summed E-state index contributed by atoms with van der Waals surface area (Å²) >= 11 is 0. The van der Waals surface area contributed by atoms with Gasteiger partial charge in [-0.2, -0.15) is 0 Å². The highest BCUT2D eigenvalue weighted by molar-refractivity contribution is 5.91. The molecule has 1 aliphatic heterocycles. The number of hydrogen-bond acceptors (Lipinski definition) is 8. The summed E-state index contributed by atoms with van der Waals surface area (Å²) in [6, 6.07) is 4.77. The van der Waals surface area contributed by atoms with Gasteiger partial charge in [-0.3, -0.25) is 0 Å². The maximum atomic E-state index is 10.8. The minimum Gasteiger partial charge on any atom is -0.478 e. The SMILES string of the molecule is O=C(O)/C=C\c1ccc2occc2c1O[C@@H]1O[C@H](CO)[C@@H](O)[C@H](O)[C@H]1O. The van der Waals surface area contributed by atoms with Gasteiger partial charge in [0, 0.05) is 11.6 Å². The fourth-order valence-electron chi connectivity index (χ4n) is 2.74. The van der Waals surface area contributed by atoms with Gasteiger partial charge in [0.2, 0.25) is 6.29 Å². The highest BCUT2D eigenvalue weighted by Gasteiger charge is 2.45. The first-order chi connectivity index (χ1) is 12.4. The summed E-state index contributed by atoms with van der Waals surface area (Å²) in [5.41, 5.74) is 0.829. The van der Waals surface area contributed by atoms with Crippen LogP contribution in [0.2, 0.25) is 0 Å². The number of aliphatic hydroxyl groups excluding tert-OH is 4. The number of aliphatic carboxylic acids is 1. The number of carboxylic acid groups (broad SMARTS) is 1. The Morgan fingerprint density at radius 2 is 1.92 bits per heavy atom. The lowest BCUT2D eigenvalue weighted by molar-refractivity contribution is -0.277. The van der Waals surface area contributed by atoms with E-state index in [2.05, 4.69) is 0 Å². The summed E-state index contributed by atoms with van der Waals surface area (Å²) in [6.45, 7) is -0.591. The standard InChI is InChI=1S/C17H18O9/c18-7-11-13(21)14(22)15(23)17(25-11)26-16-8(2-4-12(19)20)1-3-10-9(16)5-6-24-10/h1-6,11,13-15,17-18,21-23H,7H2,(H,19,20)/b4-2-/t11-,13-,14+,15-,17+/m1/s1. The van der Waals surface area contributed by atoms with Gasteiger partial charge in [-0.1, -0.05) is 0 Å². The Labute approximate surface area is 147 Å². The second-order valence-corrected chi connectivity index (χ2v) is 5.80. The predicted octanol–water partition coefficient (Wildman–Crippen LogP) is -0.291. The van der Waals surface area contributed by atoms with E-state index < -0.39 is 43.3 Å². The Morgan fingerprint density at radius 1 is 1.15 bits per heavy atom. The lowest BCUT2D eigenvalue weighted by Gasteiger charge is -2.39. The first-order valence-corrected chi connectivity index (χ1v) is 7.80. The van der Waals surface area contributed by atoms with Crippen molar-refractivity contribution in [1.82, 2.24) is 0 Å². The number of benzene rings is 1.